The first kappa shape index (κ1) is 15.5. The quantitative estimate of drug-likeness (QED) is 0.713. The molecule has 0 aliphatic carbocycles. The molecule has 1 spiro atoms. The number of fused-ring (bicyclic) bond motifs is 2. The Balaban J connectivity index is 1.87. The van der Waals surface area contributed by atoms with Gasteiger partial charge < -0.3 is 15.4 Å². The molecular weight excluding hydrogens is 395 g/mol. The molecule has 0 saturated carbocycles. The molecule has 1 saturated heterocycles. The normalized spacial score (nSPS) is 25.0. The van der Waals surface area contributed by atoms with Crippen LogP contribution in [0.4, 0.5) is 4.39 Å². The van der Waals surface area contributed by atoms with Gasteiger partial charge in [-0.3, -0.25) is 4.79 Å². The van der Waals surface area contributed by atoms with Crippen molar-refractivity contribution in [3.8, 4) is 5.75 Å². The SMILES string of the molecule is O=C1NC(=S)NC12CC(c1ccccc1F)Oc1ccc(Br)cc12. The number of benzene rings is 2. The van der Waals surface area contributed by atoms with Gasteiger partial charge in [-0.1, -0.05) is 34.1 Å². The van der Waals surface area contributed by atoms with Crippen LogP contribution in [0.3, 0.4) is 0 Å². The fraction of sp³-hybridized carbons (Fsp3) is 0.176. The van der Waals surface area contributed by atoms with Crippen LogP contribution in [0.5, 0.6) is 5.75 Å². The van der Waals surface area contributed by atoms with E-state index in [9.17, 15) is 9.18 Å². The Morgan fingerprint density at radius 2 is 2.08 bits per heavy atom. The van der Waals surface area contributed by atoms with Gasteiger partial charge in [0.2, 0.25) is 0 Å². The van der Waals surface area contributed by atoms with Gasteiger partial charge in [-0.15, -0.1) is 0 Å². The van der Waals surface area contributed by atoms with E-state index in [0.29, 0.717) is 16.9 Å². The first-order valence-electron chi connectivity index (χ1n) is 7.34. The highest BCUT2D eigenvalue weighted by molar-refractivity contribution is 9.10. The van der Waals surface area contributed by atoms with Gasteiger partial charge in [0.05, 0.1) is 0 Å². The van der Waals surface area contributed by atoms with Crippen molar-refractivity contribution < 1.29 is 13.9 Å². The maximum Gasteiger partial charge on any atom is 0.256 e. The average Bonchev–Trinajstić information content (AvgIpc) is 2.82. The minimum atomic E-state index is -1.07. The molecule has 2 aliphatic rings. The predicted molar refractivity (Wildman–Crippen MR) is 94.1 cm³/mol. The van der Waals surface area contributed by atoms with Crippen molar-refractivity contribution in [2.75, 3.05) is 0 Å². The summed E-state index contributed by atoms with van der Waals surface area (Å²) in [5.41, 5.74) is 0.0289. The molecule has 2 aromatic rings. The summed E-state index contributed by atoms with van der Waals surface area (Å²) in [6, 6.07) is 11.8. The lowest BCUT2D eigenvalue weighted by Gasteiger charge is -2.38. The molecule has 1 fully saturated rings. The van der Waals surface area contributed by atoms with Crippen molar-refractivity contribution in [1.29, 1.82) is 0 Å². The van der Waals surface area contributed by atoms with Crippen molar-refractivity contribution in [1.82, 2.24) is 10.6 Å². The summed E-state index contributed by atoms with van der Waals surface area (Å²) in [4.78, 5) is 12.7. The maximum atomic E-state index is 14.2. The molecule has 0 radical (unpaired) electrons. The number of carbonyl (C=O) groups excluding carboxylic acids is 1. The minimum absolute atomic E-state index is 0.239. The number of hydrogen-bond acceptors (Lipinski definition) is 3. The molecule has 0 aromatic heterocycles. The summed E-state index contributed by atoms with van der Waals surface area (Å²) in [7, 11) is 0. The van der Waals surface area contributed by atoms with Crippen molar-refractivity contribution >= 4 is 39.2 Å². The monoisotopic (exact) mass is 406 g/mol. The number of nitrogens with one attached hydrogen (secondary N) is 2. The average molecular weight is 407 g/mol. The fourth-order valence-electron chi connectivity index (χ4n) is 3.26. The lowest BCUT2D eigenvalue weighted by atomic mass is 9.80. The Bertz CT molecular complexity index is 875. The van der Waals surface area contributed by atoms with Crippen LogP contribution in [-0.4, -0.2) is 11.0 Å². The Morgan fingerprint density at radius 3 is 2.79 bits per heavy atom. The topological polar surface area (TPSA) is 50.4 Å². The van der Waals surface area contributed by atoms with Crippen LogP contribution in [0.1, 0.15) is 23.7 Å². The molecule has 4 nitrogen and oxygen atoms in total. The Hall–Kier alpha value is -1.99. The van der Waals surface area contributed by atoms with E-state index in [0.717, 1.165) is 4.47 Å². The summed E-state index contributed by atoms with van der Waals surface area (Å²) >= 11 is 8.54. The van der Waals surface area contributed by atoms with E-state index < -0.39 is 11.6 Å². The summed E-state index contributed by atoms with van der Waals surface area (Å²) in [6.45, 7) is 0. The third kappa shape index (κ3) is 2.31. The third-order valence-corrected chi connectivity index (χ3v) is 5.05. The van der Waals surface area contributed by atoms with Crippen LogP contribution < -0.4 is 15.4 Å². The molecule has 2 N–H and O–H groups in total. The highest BCUT2D eigenvalue weighted by atomic mass is 79.9. The molecule has 0 bridgehead atoms. The summed E-state index contributed by atoms with van der Waals surface area (Å²) in [5.74, 6) is -0.0827. The van der Waals surface area contributed by atoms with Crippen LogP contribution in [0.15, 0.2) is 46.9 Å². The van der Waals surface area contributed by atoms with E-state index in [-0.39, 0.29) is 23.3 Å². The molecule has 1 amide bonds. The molecule has 2 unspecified atom stereocenters. The zero-order valence-corrected chi connectivity index (χ0v) is 14.7. The molecular formula is C17H12BrFN2O2S. The third-order valence-electron chi connectivity index (χ3n) is 4.36. The van der Waals surface area contributed by atoms with Gasteiger partial charge in [0.15, 0.2) is 10.7 Å². The molecule has 24 heavy (non-hydrogen) atoms. The standard InChI is InChI=1S/C17H12BrFN2O2S/c18-9-5-6-13-11(7-9)17(15(22)20-16(24)21-17)8-14(23-13)10-3-1-2-4-12(10)19/h1-7,14H,8H2,(H2,20,21,22,24). The zero-order chi connectivity index (χ0) is 16.9. The van der Waals surface area contributed by atoms with E-state index in [1.807, 2.05) is 12.1 Å². The van der Waals surface area contributed by atoms with Crippen molar-refractivity contribution in [3.05, 3.63) is 63.9 Å². The highest BCUT2D eigenvalue weighted by Gasteiger charge is 2.52. The fourth-order valence-corrected chi connectivity index (χ4v) is 3.88. The Labute approximate surface area is 151 Å². The van der Waals surface area contributed by atoms with E-state index in [1.54, 1.807) is 24.3 Å². The van der Waals surface area contributed by atoms with Crippen LogP contribution >= 0.6 is 28.1 Å². The van der Waals surface area contributed by atoms with Gasteiger partial charge in [0.25, 0.3) is 5.91 Å². The second kappa shape index (κ2) is 5.53. The van der Waals surface area contributed by atoms with Gasteiger partial charge in [-0.2, -0.15) is 0 Å². The van der Waals surface area contributed by atoms with Gasteiger partial charge >= 0.3 is 0 Å². The minimum Gasteiger partial charge on any atom is -0.485 e. The molecule has 2 aliphatic heterocycles. The molecule has 122 valence electrons. The van der Waals surface area contributed by atoms with Crippen molar-refractivity contribution in [2.24, 2.45) is 0 Å². The first-order valence-corrected chi connectivity index (χ1v) is 8.54. The number of amides is 1. The Kier molecular flexibility index (Phi) is 3.58. The summed E-state index contributed by atoms with van der Waals surface area (Å²) in [5, 5.41) is 5.97. The molecule has 2 atom stereocenters. The molecule has 4 rings (SSSR count). The largest absolute Gasteiger partial charge is 0.485 e. The van der Waals surface area contributed by atoms with Gasteiger partial charge in [-0.25, -0.2) is 4.39 Å². The van der Waals surface area contributed by atoms with E-state index in [1.165, 1.54) is 6.07 Å². The number of thiocarbonyl (C=S) groups is 1. The van der Waals surface area contributed by atoms with Gasteiger partial charge in [0.1, 0.15) is 17.7 Å². The maximum absolute atomic E-state index is 14.2. The summed E-state index contributed by atoms with van der Waals surface area (Å²) in [6.07, 6.45) is -0.359. The lowest BCUT2D eigenvalue weighted by molar-refractivity contribution is -0.126. The van der Waals surface area contributed by atoms with Crippen LogP contribution in [0.2, 0.25) is 0 Å². The first-order chi connectivity index (χ1) is 11.5. The Morgan fingerprint density at radius 1 is 1.29 bits per heavy atom. The smallest absolute Gasteiger partial charge is 0.256 e. The van der Waals surface area contributed by atoms with Gasteiger partial charge in [0, 0.05) is 22.0 Å². The zero-order valence-electron chi connectivity index (χ0n) is 12.3. The molecule has 2 heterocycles. The van der Waals surface area contributed by atoms with E-state index >= 15 is 0 Å². The van der Waals surface area contributed by atoms with Crippen LogP contribution in [0, 0.1) is 5.82 Å². The predicted octanol–water partition coefficient (Wildman–Crippen LogP) is 3.31. The molecule has 2 aromatic carbocycles. The molecule has 7 heteroatoms. The van der Waals surface area contributed by atoms with Crippen LogP contribution in [0.25, 0.3) is 0 Å². The number of rotatable bonds is 1. The lowest BCUT2D eigenvalue weighted by Crippen LogP contribution is -2.48. The number of halogens is 2. The van der Waals surface area contributed by atoms with Gasteiger partial charge in [-0.05, 0) is 36.5 Å². The van der Waals surface area contributed by atoms with Crippen molar-refractivity contribution in [3.63, 3.8) is 0 Å². The van der Waals surface area contributed by atoms with E-state index in [4.69, 9.17) is 17.0 Å². The number of carbonyl (C=O) groups is 1. The van der Waals surface area contributed by atoms with Crippen molar-refractivity contribution in [2.45, 2.75) is 18.1 Å². The number of ether oxygens (including phenoxy) is 1. The second-order valence-electron chi connectivity index (χ2n) is 5.79. The van der Waals surface area contributed by atoms with E-state index in [2.05, 4.69) is 26.6 Å². The number of hydrogen-bond donors (Lipinski definition) is 2. The second-order valence-corrected chi connectivity index (χ2v) is 7.11. The highest BCUT2D eigenvalue weighted by Crippen LogP contribution is 2.47. The van der Waals surface area contributed by atoms with Crippen LogP contribution in [-0.2, 0) is 10.3 Å². The summed E-state index contributed by atoms with van der Waals surface area (Å²) < 4.78 is 21.0.